The van der Waals surface area contributed by atoms with Crippen LogP contribution in [0.5, 0.6) is 11.5 Å². The highest BCUT2D eigenvalue weighted by Crippen LogP contribution is 2.33. The van der Waals surface area contributed by atoms with Gasteiger partial charge in [-0.25, -0.2) is 4.68 Å². The Labute approximate surface area is 197 Å². The van der Waals surface area contributed by atoms with Crippen LogP contribution in [0.2, 0.25) is 0 Å². The summed E-state index contributed by atoms with van der Waals surface area (Å²) in [6.45, 7) is 0. The number of hydrogen-bond acceptors (Lipinski definition) is 4. The van der Waals surface area contributed by atoms with Crippen LogP contribution in [0.25, 0.3) is 28.2 Å². The minimum atomic E-state index is -4.57. The van der Waals surface area contributed by atoms with Crippen molar-refractivity contribution < 1.29 is 17.7 Å². The molecule has 0 saturated heterocycles. The Bertz CT molecular complexity index is 1530. The monoisotopic (exact) mass is 468 g/mol. The maximum atomic E-state index is 12.3. The summed E-state index contributed by atoms with van der Waals surface area (Å²) in [5.41, 5.74) is 3.82. The lowest BCUT2D eigenvalue weighted by molar-refractivity contribution is 0.450. The third-order valence-corrected chi connectivity index (χ3v) is 6.14. The SMILES string of the molecule is O=S(=O)(O)c1cc(-n2nc(-c3ccccc3)cc2-c2ccccc2)ccc1Oc1ccccc1. The lowest BCUT2D eigenvalue weighted by atomic mass is 10.1. The molecule has 168 valence electrons. The molecule has 4 aromatic carbocycles. The number of hydrogen-bond donors (Lipinski definition) is 1. The van der Waals surface area contributed by atoms with Crippen molar-refractivity contribution in [1.29, 1.82) is 0 Å². The maximum absolute atomic E-state index is 12.3. The second-order valence-electron chi connectivity index (χ2n) is 7.58. The van der Waals surface area contributed by atoms with Gasteiger partial charge in [-0.2, -0.15) is 13.5 Å². The van der Waals surface area contributed by atoms with Gasteiger partial charge in [0.05, 0.1) is 17.1 Å². The standard InChI is InChI=1S/C27H20N2O4S/c30-34(31,32)27-18-22(16-17-26(27)33-23-14-8-3-9-15-23)29-25(21-12-6-2-7-13-21)19-24(28-29)20-10-4-1-5-11-20/h1-19H,(H,30,31,32). The van der Waals surface area contributed by atoms with Crippen molar-refractivity contribution >= 4 is 10.1 Å². The Balaban J connectivity index is 1.66. The lowest BCUT2D eigenvalue weighted by Crippen LogP contribution is -2.05. The minimum Gasteiger partial charge on any atom is -0.456 e. The Morgan fingerprint density at radius 2 is 1.29 bits per heavy atom. The van der Waals surface area contributed by atoms with Gasteiger partial charge in [-0.3, -0.25) is 4.55 Å². The van der Waals surface area contributed by atoms with Gasteiger partial charge in [-0.15, -0.1) is 0 Å². The van der Waals surface area contributed by atoms with E-state index in [9.17, 15) is 13.0 Å². The average Bonchev–Trinajstić information content (AvgIpc) is 3.31. The Hall–Kier alpha value is -4.20. The van der Waals surface area contributed by atoms with E-state index in [0.717, 1.165) is 22.5 Å². The van der Waals surface area contributed by atoms with Crippen LogP contribution in [-0.4, -0.2) is 22.8 Å². The predicted octanol–water partition coefficient (Wildman–Crippen LogP) is 6.25. The molecule has 0 radical (unpaired) electrons. The molecule has 1 aromatic heterocycles. The van der Waals surface area contributed by atoms with Crippen LogP contribution in [-0.2, 0) is 10.1 Å². The summed E-state index contributed by atoms with van der Waals surface area (Å²) in [5, 5.41) is 4.76. The molecule has 0 bridgehead atoms. The van der Waals surface area contributed by atoms with Crippen molar-refractivity contribution in [2.75, 3.05) is 0 Å². The highest BCUT2D eigenvalue weighted by atomic mass is 32.2. The molecule has 0 aliphatic heterocycles. The molecule has 0 aliphatic rings. The van der Waals surface area contributed by atoms with Crippen LogP contribution in [0.4, 0.5) is 0 Å². The van der Waals surface area contributed by atoms with Crippen LogP contribution < -0.4 is 4.74 Å². The lowest BCUT2D eigenvalue weighted by Gasteiger charge is -2.13. The summed E-state index contributed by atoms with van der Waals surface area (Å²) < 4.78 is 41.9. The first kappa shape index (κ1) is 21.6. The van der Waals surface area contributed by atoms with E-state index in [1.807, 2.05) is 72.8 Å². The summed E-state index contributed by atoms with van der Waals surface area (Å²) in [4.78, 5) is -0.343. The molecule has 0 amide bonds. The first-order valence-corrected chi connectivity index (χ1v) is 12.0. The Kier molecular flexibility index (Phi) is 5.71. The molecular formula is C27H20N2O4S. The largest absolute Gasteiger partial charge is 0.456 e. The zero-order valence-corrected chi connectivity index (χ0v) is 18.8. The summed E-state index contributed by atoms with van der Waals surface area (Å²) in [6, 6.07) is 34.7. The molecule has 0 spiro atoms. The third-order valence-electron chi connectivity index (χ3n) is 5.27. The molecule has 1 heterocycles. The molecule has 5 rings (SSSR count). The number of ether oxygens (including phenoxy) is 1. The van der Waals surface area contributed by atoms with E-state index in [-0.39, 0.29) is 10.6 Å². The van der Waals surface area contributed by atoms with Crippen LogP contribution >= 0.6 is 0 Å². The fraction of sp³-hybridized carbons (Fsp3) is 0. The van der Waals surface area contributed by atoms with Crippen LogP contribution in [0.15, 0.2) is 120 Å². The molecule has 1 N–H and O–H groups in total. The van der Waals surface area contributed by atoms with Gasteiger partial charge in [0.2, 0.25) is 0 Å². The highest BCUT2D eigenvalue weighted by Gasteiger charge is 2.21. The molecule has 0 fully saturated rings. The van der Waals surface area contributed by atoms with Crippen LogP contribution in [0.1, 0.15) is 0 Å². The minimum absolute atomic E-state index is 0.0224. The molecule has 0 unspecified atom stereocenters. The van der Waals surface area contributed by atoms with Gasteiger partial charge in [-0.1, -0.05) is 78.9 Å². The van der Waals surface area contributed by atoms with Crippen molar-refractivity contribution in [1.82, 2.24) is 9.78 Å². The van der Waals surface area contributed by atoms with E-state index >= 15 is 0 Å². The van der Waals surface area contributed by atoms with Crippen molar-refractivity contribution in [2.45, 2.75) is 4.90 Å². The number of aromatic nitrogens is 2. The van der Waals surface area contributed by atoms with E-state index in [4.69, 9.17) is 9.84 Å². The van der Waals surface area contributed by atoms with E-state index in [1.165, 1.54) is 12.1 Å². The zero-order valence-electron chi connectivity index (χ0n) is 17.9. The topological polar surface area (TPSA) is 81.4 Å². The van der Waals surface area contributed by atoms with Crippen molar-refractivity contribution in [3.8, 4) is 39.7 Å². The molecule has 5 aromatic rings. The number of para-hydroxylation sites is 1. The van der Waals surface area contributed by atoms with Gasteiger partial charge in [0.15, 0.2) is 0 Å². The second kappa shape index (κ2) is 8.97. The fourth-order valence-electron chi connectivity index (χ4n) is 3.67. The van der Waals surface area contributed by atoms with E-state index < -0.39 is 10.1 Å². The molecule has 0 aliphatic carbocycles. The molecular weight excluding hydrogens is 448 g/mol. The molecule has 0 saturated carbocycles. The van der Waals surface area contributed by atoms with Crippen LogP contribution in [0.3, 0.4) is 0 Å². The quantitative estimate of drug-likeness (QED) is 0.298. The molecule has 7 heteroatoms. The second-order valence-corrected chi connectivity index (χ2v) is 8.97. The maximum Gasteiger partial charge on any atom is 0.298 e. The summed E-state index contributed by atoms with van der Waals surface area (Å²) in [7, 11) is -4.57. The summed E-state index contributed by atoms with van der Waals surface area (Å²) >= 11 is 0. The van der Waals surface area contributed by atoms with E-state index in [0.29, 0.717) is 11.4 Å². The Morgan fingerprint density at radius 3 is 1.91 bits per heavy atom. The van der Waals surface area contributed by atoms with Crippen molar-refractivity contribution in [3.05, 3.63) is 115 Å². The fourth-order valence-corrected chi connectivity index (χ4v) is 4.31. The smallest absolute Gasteiger partial charge is 0.298 e. The summed E-state index contributed by atoms with van der Waals surface area (Å²) in [5.74, 6) is 0.477. The third kappa shape index (κ3) is 4.47. The number of nitrogens with zero attached hydrogens (tertiary/aromatic N) is 2. The van der Waals surface area contributed by atoms with Gasteiger partial charge in [0.1, 0.15) is 16.4 Å². The van der Waals surface area contributed by atoms with Crippen molar-refractivity contribution in [3.63, 3.8) is 0 Å². The predicted molar refractivity (Wildman–Crippen MR) is 131 cm³/mol. The van der Waals surface area contributed by atoms with Crippen molar-refractivity contribution in [2.24, 2.45) is 0 Å². The average molecular weight is 469 g/mol. The zero-order chi connectivity index (χ0) is 23.5. The molecule has 34 heavy (non-hydrogen) atoms. The summed E-state index contributed by atoms with van der Waals surface area (Å²) in [6.07, 6.45) is 0. The van der Waals surface area contributed by atoms with Gasteiger partial charge < -0.3 is 4.74 Å². The van der Waals surface area contributed by atoms with E-state index in [2.05, 4.69) is 0 Å². The number of benzene rings is 4. The first-order chi connectivity index (χ1) is 16.5. The Morgan fingerprint density at radius 1 is 0.706 bits per heavy atom. The van der Waals surface area contributed by atoms with Gasteiger partial charge in [-0.05, 0) is 36.4 Å². The van der Waals surface area contributed by atoms with E-state index in [1.54, 1.807) is 35.0 Å². The van der Waals surface area contributed by atoms with Gasteiger partial charge in [0.25, 0.3) is 10.1 Å². The van der Waals surface area contributed by atoms with Crippen LogP contribution in [0, 0.1) is 0 Å². The molecule has 6 nitrogen and oxygen atoms in total. The first-order valence-electron chi connectivity index (χ1n) is 10.5. The highest BCUT2D eigenvalue weighted by molar-refractivity contribution is 7.86. The van der Waals surface area contributed by atoms with Gasteiger partial charge >= 0.3 is 0 Å². The normalized spacial score (nSPS) is 11.3. The number of rotatable bonds is 6. The van der Waals surface area contributed by atoms with Gasteiger partial charge in [0, 0.05) is 11.1 Å². The molecule has 0 atom stereocenters.